The van der Waals surface area contributed by atoms with Gasteiger partial charge in [0, 0.05) is 4.47 Å². The zero-order valence-corrected chi connectivity index (χ0v) is 9.93. The van der Waals surface area contributed by atoms with E-state index in [1.165, 1.54) is 0 Å². The Hall–Kier alpha value is -2.02. The summed E-state index contributed by atoms with van der Waals surface area (Å²) in [5, 5.41) is 20.6. The van der Waals surface area contributed by atoms with Crippen molar-refractivity contribution in [3.05, 3.63) is 44.7 Å². The molecule has 1 heterocycles. The molecule has 17 heavy (non-hydrogen) atoms. The highest BCUT2D eigenvalue weighted by Gasteiger charge is 2.21. The molecule has 0 fully saturated rings. The average molecular weight is 299 g/mol. The number of carboxylic acids is 1. The second-order valence-electron chi connectivity index (χ2n) is 3.26. The summed E-state index contributed by atoms with van der Waals surface area (Å²) in [5.41, 5.74) is -1.07. The van der Waals surface area contributed by atoms with Crippen LogP contribution >= 0.6 is 15.9 Å². The molecule has 0 saturated heterocycles. The molecule has 88 valence electrons. The largest absolute Gasteiger partial charge is 0.493 e. The van der Waals surface area contributed by atoms with E-state index in [0.29, 0.717) is 5.69 Å². The summed E-state index contributed by atoms with van der Waals surface area (Å²) in [5.74, 6) is -2.09. The number of rotatable bonds is 2. The number of carbonyl (C=O) groups is 1. The van der Waals surface area contributed by atoms with E-state index in [0.717, 1.165) is 9.15 Å². The molecule has 3 N–H and O–H groups in total. The zero-order valence-electron chi connectivity index (χ0n) is 8.35. The number of aromatic nitrogens is 2. The van der Waals surface area contributed by atoms with Crippen molar-refractivity contribution in [2.24, 2.45) is 0 Å². The first-order valence-electron chi connectivity index (χ1n) is 4.54. The molecular weight excluding hydrogens is 292 g/mol. The highest BCUT2D eigenvalue weighted by Crippen LogP contribution is 2.19. The van der Waals surface area contributed by atoms with E-state index in [2.05, 4.69) is 21.0 Å². The normalized spacial score (nSPS) is 10.4. The third-order valence-corrected chi connectivity index (χ3v) is 2.70. The Balaban J connectivity index is 2.61. The number of aromatic hydroxyl groups is 1. The number of carboxylic acid groups (broad SMARTS) is 1. The number of H-pyrrole nitrogens is 1. The number of nitrogens with zero attached hydrogens (tertiary/aromatic N) is 1. The second-order valence-corrected chi connectivity index (χ2v) is 4.17. The minimum Gasteiger partial charge on any atom is -0.493 e. The van der Waals surface area contributed by atoms with E-state index in [-0.39, 0.29) is 0 Å². The van der Waals surface area contributed by atoms with Crippen LogP contribution in [0.4, 0.5) is 0 Å². The van der Waals surface area contributed by atoms with E-state index in [4.69, 9.17) is 5.11 Å². The minimum absolute atomic E-state index is 0.454. The molecule has 0 amide bonds. The van der Waals surface area contributed by atoms with Crippen LogP contribution in [0.3, 0.4) is 0 Å². The van der Waals surface area contributed by atoms with Gasteiger partial charge in [-0.25, -0.2) is 9.48 Å². The molecule has 0 radical (unpaired) electrons. The maximum Gasteiger partial charge on any atom is 0.347 e. The van der Waals surface area contributed by atoms with Crippen molar-refractivity contribution >= 4 is 21.9 Å². The van der Waals surface area contributed by atoms with Gasteiger partial charge in [-0.1, -0.05) is 15.9 Å². The van der Waals surface area contributed by atoms with E-state index < -0.39 is 23.0 Å². The van der Waals surface area contributed by atoms with Gasteiger partial charge in [-0.2, -0.15) is 0 Å². The first-order valence-corrected chi connectivity index (χ1v) is 5.33. The number of benzene rings is 1. The number of hydrogen-bond acceptors (Lipinski definition) is 3. The summed E-state index contributed by atoms with van der Waals surface area (Å²) >= 11 is 3.24. The molecule has 7 heteroatoms. The SMILES string of the molecule is O=C(O)c1c(O)n(-c2ccc(Br)cc2)[nH]c1=O. The monoisotopic (exact) mass is 298 g/mol. The Labute approximate surface area is 103 Å². The lowest BCUT2D eigenvalue weighted by atomic mass is 10.3. The van der Waals surface area contributed by atoms with Gasteiger partial charge in [-0.05, 0) is 24.3 Å². The van der Waals surface area contributed by atoms with Crippen LogP contribution in [-0.2, 0) is 0 Å². The lowest BCUT2D eigenvalue weighted by Gasteiger charge is -2.03. The van der Waals surface area contributed by atoms with Crippen molar-refractivity contribution < 1.29 is 15.0 Å². The maximum absolute atomic E-state index is 11.3. The van der Waals surface area contributed by atoms with Gasteiger partial charge >= 0.3 is 5.97 Å². The fourth-order valence-corrected chi connectivity index (χ4v) is 1.66. The average Bonchev–Trinajstić information content (AvgIpc) is 2.55. The number of hydrogen-bond donors (Lipinski definition) is 3. The Morgan fingerprint density at radius 3 is 2.35 bits per heavy atom. The molecular formula is C10H7BrN2O4. The van der Waals surface area contributed by atoms with Crippen molar-refractivity contribution in [2.75, 3.05) is 0 Å². The van der Waals surface area contributed by atoms with Crippen LogP contribution in [0.15, 0.2) is 33.5 Å². The lowest BCUT2D eigenvalue weighted by Crippen LogP contribution is -2.11. The highest BCUT2D eigenvalue weighted by molar-refractivity contribution is 9.10. The third kappa shape index (κ3) is 1.96. The first kappa shape index (κ1) is 11.5. The Bertz CT molecular complexity index is 627. The quantitative estimate of drug-likeness (QED) is 0.779. The third-order valence-electron chi connectivity index (χ3n) is 2.17. The topological polar surface area (TPSA) is 95.3 Å². The summed E-state index contributed by atoms with van der Waals surface area (Å²) in [6, 6.07) is 6.64. The second kappa shape index (κ2) is 4.10. The van der Waals surface area contributed by atoms with Gasteiger partial charge in [-0.15, -0.1) is 0 Å². The summed E-state index contributed by atoms with van der Waals surface area (Å²) in [7, 11) is 0. The van der Waals surface area contributed by atoms with E-state index in [9.17, 15) is 14.7 Å². The number of nitrogens with one attached hydrogen (secondary N) is 1. The van der Waals surface area contributed by atoms with Crippen molar-refractivity contribution in [2.45, 2.75) is 0 Å². The lowest BCUT2D eigenvalue weighted by molar-refractivity contribution is 0.0692. The Morgan fingerprint density at radius 2 is 1.88 bits per heavy atom. The standard InChI is InChI=1S/C10H7BrN2O4/c11-5-1-3-6(4-2-5)13-9(15)7(10(16)17)8(14)12-13/h1-4,15H,(H,12,14)(H,16,17). The van der Waals surface area contributed by atoms with Crippen molar-refractivity contribution in [1.82, 2.24) is 9.78 Å². The van der Waals surface area contributed by atoms with Crippen LogP contribution in [0.2, 0.25) is 0 Å². The summed E-state index contributed by atoms with van der Waals surface area (Å²) in [6.07, 6.45) is 0. The van der Waals surface area contributed by atoms with Gasteiger partial charge in [-0.3, -0.25) is 9.89 Å². The van der Waals surface area contributed by atoms with Crippen molar-refractivity contribution in [3.63, 3.8) is 0 Å². The molecule has 0 atom stereocenters. The van der Waals surface area contributed by atoms with Crippen LogP contribution in [-0.4, -0.2) is 26.0 Å². The molecule has 0 aliphatic carbocycles. The molecule has 0 spiro atoms. The smallest absolute Gasteiger partial charge is 0.347 e. The fraction of sp³-hybridized carbons (Fsp3) is 0. The van der Waals surface area contributed by atoms with Crippen LogP contribution in [0.25, 0.3) is 5.69 Å². The molecule has 0 unspecified atom stereocenters. The molecule has 0 saturated carbocycles. The van der Waals surface area contributed by atoms with E-state index >= 15 is 0 Å². The number of aromatic carboxylic acids is 1. The van der Waals surface area contributed by atoms with Crippen LogP contribution in [0, 0.1) is 0 Å². The van der Waals surface area contributed by atoms with Crippen LogP contribution in [0.1, 0.15) is 10.4 Å². The van der Waals surface area contributed by atoms with Gasteiger partial charge in [0.25, 0.3) is 5.56 Å². The molecule has 0 aliphatic heterocycles. The van der Waals surface area contributed by atoms with Gasteiger partial charge in [0.2, 0.25) is 5.88 Å². The zero-order chi connectivity index (χ0) is 12.6. The summed E-state index contributed by atoms with van der Waals surface area (Å²) in [4.78, 5) is 22.1. The molecule has 2 aromatic rings. The number of aromatic amines is 1. The fourth-order valence-electron chi connectivity index (χ4n) is 1.39. The van der Waals surface area contributed by atoms with Gasteiger partial charge in [0.15, 0.2) is 5.56 Å². The summed E-state index contributed by atoms with van der Waals surface area (Å²) in [6.45, 7) is 0. The highest BCUT2D eigenvalue weighted by atomic mass is 79.9. The van der Waals surface area contributed by atoms with Crippen molar-refractivity contribution in [3.8, 4) is 11.6 Å². The first-order chi connectivity index (χ1) is 8.00. The van der Waals surface area contributed by atoms with Gasteiger partial charge in [0.05, 0.1) is 5.69 Å². The summed E-state index contributed by atoms with van der Waals surface area (Å²) < 4.78 is 1.84. The van der Waals surface area contributed by atoms with E-state index in [1.54, 1.807) is 24.3 Å². The molecule has 6 nitrogen and oxygen atoms in total. The number of halogens is 1. The Kier molecular flexibility index (Phi) is 2.76. The minimum atomic E-state index is -1.47. The van der Waals surface area contributed by atoms with Gasteiger partial charge in [0.1, 0.15) is 0 Å². The predicted molar refractivity (Wildman–Crippen MR) is 62.7 cm³/mol. The predicted octanol–water partition coefficient (Wildman–Crippen LogP) is 1.33. The Morgan fingerprint density at radius 1 is 1.29 bits per heavy atom. The molecule has 1 aromatic heterocycles. The van der Waals surface area contributed by atoms with E-state index in [1.807, 2.05) is 0 Å². The van der Waals surface area contributed by atoms with Crippen LogP contribution in [0.5, 0.6) is 5.88 Å². The molecule has 0 bridgehead atoms. The molecule has 0 aliphatic rings. The maximum atomic E-state index is 11.3. The van der Waals surface area contributed by atoms with Gasteiger partial charge < -0.3 is 10.2 Å². The molecule has 2 rings (SSSR count). The van der Waals surface area contributed by atoms with Crippen molar-refractivity contribution in [1.29, 1.82) is 0 Å². The molecule has 1 aromatic carbocycles. The van der Waals surface area contributed by atoms with Crippen LogP contribution < -0.4 is 5.56 Å².